The van der Waals surface area contributed by atoms with E-state index >= 15 is 0 Å². The van der Waals surface area contributed by atoms with Crippen molar-refractivity contribution in [2.24, 2.45) is 5.92 Å². The Balaban J connectivity index is 1.93. The number of hydrogen-bond donors (Lipinski definition) is 2. The number of ether oxygens (including phenoxy) is 2. The van der Waals surface area contributed by atoms with Crippen LogP contribution < -0.4 is 14.4 Å². The summed E-state index contributed by atoms with van der Waals surface area (Å²) in [6, 6.07) is 10.3. The second-order valence-electron chi connectivity index (χ2n) is 8.36. The molecule has 0 radical (unpaired) electrons. The number of hydrogen-bond acceptors (Lipinski definition) is 5. The molecular formula is C25H29NO6. The topological polar surface area (TPSA) is 96.3 Å². The number of aromatic hydroxyl groups is 1. The number of carboxylic acids is 1. The summed E-state index contributed by atoms with van der Waals surface area (Å²) in [7, 11) is 0. The van der Waals surface area contributed by atoms with Gasteiger partial charge in [0.05, 0.1) is 5.92 Å². The molecule has 4 rings (SSSR count). The van der Waals surface area contributed by atoms with E-state index < -0.39 is 17.3 Å². The number of nitrogens with zero attached hydrogens (tertiary/aromatic N) is 1. The van der Waals surface area contributed by atoms with Crippen LogP contribution in [-0.2, 0) is 15.0 Å². The van der Waals surface area contributed by atoms with E-state index in [2.05, 4.69) is 6.92 Å². The molecule has 0 fully saturated rings. The van der Waals surface area contributed by atoms with Crippen LogP contribution in [-0.4, -0.2) is 35.4 Å². The maximum Gasteiger partial charge on any atom is 0.308 e. The highest BCUT2D eigenvalue weighted by Gasteiger charge is 2.59. The standard InChI is InChI=1S/C25H29NO6/c1-3-5-6-9-12-26-19-11-8-7-10-17(19)25(24(26)30,16(4-2)23(28)29)18-13-21-22(14-20(18)27)32-15-31-21/h7-8,10-11,13-14,16,27H,3-6,9,12,15H2,1-2H3,(H,28,29). The molecule has 0 saturated heterocycles. The van der Waals surface area contributed by atoms with Gasteiger partial charge in [0.1, 0.15) is 11.2 Å². The molecule has 32 heavy (non-hydrogen) atoms. The Morgan fingerprint density at radius 3 is 2.50 bits per heavy atom. The SMILES string of the molecule is CCCCCCN1C(=O)C(c2cc3c(cc2O)OCO3)(C(CC)C(=O)O)c2ccccc21. The van der Waals surface area contributed by atoms with Crippen molar-refractivity contribution in [3.8, 4) is 17.2 Å². The summed E-state index contributed by atoms with van der Waals surface area (Å²) >= 11 is 0. The summed E-state index contributed by atoms with van der Waals surface area (Å²) in [5, 5.41) is 21.2. The summed E-state index contributed by atoms with van der Waals surface area (Å²) in [4.78, 5) is 28.4. The van der Waals surface area contributed by atoms with Gasteiger partial charge in [0.25, 0.3) is 0 Å². The maximum absolute atomic E-state index is 14.2. The second-order valence-corrected chi connectivity index (χ2v) is 8.36. The van der Waals surface area contributed by atoms with Crippen molar-refractivity contribution in [1.29, 1.82) is 0 Å². The largest absolute Gasteiger partial charge is 0.507 e. The third-order valence-electron chi connectivity index (χ3n) is 6.58. The maximum atomic E-state index is 14.2. The van der Waals surface area contributed by atoms with E-state index in [0.717, 1.165) is 25.7 Å². The molecule has 2 unspecified atom stereocenters. The molecule has 2 atom stereocenters. The van der Waals surface area contributed by atoms with E-state index in [1.165, 1.54) is 6.07 Å². The molecule has 0 aliphatic carbocycles. The number of fused-ring (bicyclic) bond motifs is 2. The van der Waals surface area contributed by atoms with Crippen LogP contribution in [0.1, 0.15) is 57.1 Å². The van der Waals surface area contributed by atoms with Crippen LogP contribution in [0.15, 0.2) is 36.4 Å². The van der Waals surface area contributed by atoms with Crippen molar-refractivity contribution in [1.82, 2.24) is 0 Å². The summed E-state index contributed by atoms with van der Waals surface area (Å²) in [5.74, 6) is -1.88. The molecule has 170 valence electrons. The summed E-state index contributed by atoms with van der Waals surface area (Å²) in [5.41, 5.74) is -0.0216. The van der Waals surface area contributed by atoms with Crippen LogP contribution in [0.5, 0.6) is 17.2 Å². The number of carbonyl (C=O) groups is 2. The smallest absolute Gasteiger partial charge is 0.308 e. The third-order valence-corrected chi connectivity index (χ3v) is 6.58. The highest BCUT2D eigenvalue weighted by molar-refractivity contribution is 6.13. The molecule has 0 bridgehead atoms. The van der Waals surface area contributed by atoms with Gasteiger partial charge in [-0.1, -0.05) is 51.3 Å². The summed E-state index contributed by atoms with van der Waals surface area (Å²) < 4.78 is 10.9. The molecule has 1 amide bonds. The van der Waals surface area contributed by atoms with Crippen LogP contribution in [0, 0.1) is 5.92 Å². The Morgan fingerprint density at radius 1 is 1.09 bits per heavy atom. The van der Waals surface area contributed by atoms with Gasteiger partial charge in [-0.2, -0.15) is 0 Å². The lowest BCUT2D eigenvalue weighted by Crippen LogP contribution is -2.49. The van der Waals surface area contributed by atoms with Crippen molar-refractivity contribution in [3.63, 3.8) is 0 Å². The molecule has 0 saturated carbocycles. The first-order valence-corrected chi connectivity index (χ1v) is 11.2. The number of para-hydroxylation sites is 1. The minimum absolute atomic E-state index is 0.00938. The van der Waals surface area contributed by atoms with Gasteiger partial charge >= 0.3 is 5.97 Å². The second kappa shape index (κ2) is 8.73. The van der Waals surface area contributed by atoms with Crippen LogP contribution >= 0.6 is 0 Å². The number of phenols is 1. The van der Waals surface area contributed by atoms with Crippen molar-refractivity contribution in [2.45, 2.75) is 51.4 Å². The third kappa shape index (κ3) is 3.27. The molecule has 2 aliphatic rings. The van der Waals surface area contributed by atoms with Crippen LogP contribution in [0.25, 0.3) is 0 Å². The Morgan fingerprint density at radius 2 is 1.81 bits per heavy atom. The molecular weight excluding hydrogens is 410 g/mol. The molecule has 7 heteroatoms. The van der Waals surface area contributed by atoms with Gasteiger partial charge in [0.15, 0.2) is 11.5 Å². The van der Waals surface area contributed by atoms with E-state index in [0.29, 0.717) is 29.3 Å². The van der Waals surface area contributed by atoms with Crippen molar-refractivity contribution >= 4 is 17.6 Å². The van der Waals surface area contributed by atoms with Crippen LogP contribution in [0.4, 0.5) is 5.69 Å². The van der Waals surface area contributed by atoms with Gasteiger partial charge in [-0.3, -0.25) is 9.59 Å². The molecule has 7 nitrogen and oxygen atoms in total. The monoisotopic (exact) mass is 439 g/mol. The lowest BCUT2D eigenvalue weighted by Gasteiger charge is -2.35. The summed E-state index contributed by atoms with van der Waals surface area (Å²) in [6.07, 6.45) is 4.18. The zero-order chi connectivity index (χ0) is 22.9. The number of unbranched alkanes of at least 4 members (excludes halogenated alkanes) is 3. The predicted octanol–water partition coefficient (Wildman–Crippen LogP) is 4.44. The van der Waals surface area contributed by atoms with Gasteiger partial charge in [-0.25, -0.2) is 0 Å². The summed E-state index contributed by atoms with van der Waals surface area (Å²) in [6.45, 7) is 4.39. The molecule has 2 aliphatic heterocycles. The first-order chi connectivity index (χ1) is 15.5. The number of carboxylic acid groups (broad SMARTS) is 1. The molecule has 2 aromatic rings. The zero-order valence-electron chi connectivity index (χ0n) is 18.5. The fourth-order valence-corrected chi connectivity index (χ4v) is 5.10. The van der Waals surface area contributed by atoms with Gasteiger partial charge in [-0.15, -0.1) is 0 Å². The molecule has 2 aromatic carbocycles. The van der Waals surface area contributed by atoms with Crippen molar-refractivity contribution in [2.75, 3.05) is 18.2 Å². The Kier molecular flexibility index (Phi) is 6.00. The predicted molar refractivity (Wildman–Crippen MR) is 119 cm³/mol. The van der Waals surface area contributed by atoms with E-state index in [9.17, 15) is 19.8 Å². The minimum atomic E-state index is -1.56. The number of rotatable bonds is 9. The number of aliphatic carboxylic acids is 1. The average molecular weight is 440 g/mol. The van der Waals surface area contributed by atoms with E-state index in [4.69, 9.17) is 9.47 Å². The Bertz CT molecular complexity index is 1040. The highest BCUT2D eigenvalue weighted by atomic mass is 16.7. The first-order valence-electron chi connectivity index (χ1n) is 11.2. The van der Waals surface area contributed by atoms with Gasteiger partial charge in [0.2, 0.25) is 12.7 Å². The zero-order valence-corrected chi connectivity index (χ0v) is 18.5. The van der Waals surface area contributed by atoms with Crippen molar-refractivity contribution < 1.29 is 29.3 Å². The number of anilines is 1. The van der Waals surface area contributed by atoms with E-state index in [-0.39, 0.29) is 30.4 Å². The fraction of sp³-hybridized carbons (Fsp3) is 0.440. The lowest BCUT2D eigenvalue weighted by molar-refractivity contribution is -0.146. The number of phenolic OH excluding ortho intramolecular Hbond substituents is 1. The van der Waals surface area contributed by atoms with Gasteiger partial charge < -0.3 is 24.6 Å². The van der Waals surface area contributed by atoms with E-state index in [1.54, 1.807) is 30.0 Å². The lowest BCUT2D eigenvalue weighted by atomic mass is 9.65. The van der Waals surface area contributed by atoms with Crippen molar-refractivity contribution in [3.05, 3.63) is 47.5 Å². The van der Waals surface area contributed by atoms with Gasteiger partial charge in [0, 0.05) is 23.9 Å². The van der Waals surface area contributed by atoms with Crippen LogP contribution in [0.3, 0.4) is 0 Å². The normalized spacial score (nSPS) is 19.8. The average Bonchev–Trinajstić information content (AvgIpc) is 3.32. The minimum Gasteiger partial charge on any atom is -0.507 e. The fourth-order valence-electron chi connectivity index (χ4n) is 5.10. The van der Waals surface area contributed by atoms with E-state index in [1.807, 2.05) is 12.1 Å². The van der Waals surface area contributed by atoms with Gasteiger partial charge in [-0.05, 0) is 30.5 Å². The molecule has 0 spiro atoms. The molecule has 2 heterocycles. The quantitative estimate of drug-likeness (QED) is 0.561. The molecule has 2 N–H and O–H groups in total. The molecule has 0 aromatic heterocycles. The number of carbonyl (C=O) groups excluding carboxylic acids is 1. The number of benzene rings is 2. The Labute approximate surface area is 187 Å². The first kappa shape index (κ1) is 22.0. The van der Waals surface area contributed by atoms with Crippen LogP contribution in [0.2, 0.25) is 0 Å². The number of amides is 1. The highest BCUT2D eigenvalue weighted by Crippen LogP contribution is 2.55. The Hall–Kier alpha value is -3.22.